The number of allylic oxidation sites excluding steroid dienone is 23. The highest BCUT2D eigenvalue weighted by Crippen LogP contribution is 2.23. The SMILES string of the molecule is CC/C=C\C/C=C\C/C=C\C/C=C\C/C=C\C/C=C\C/C=C\C/C=C\C/C=C\C/C=C\CCCCCCCCCCC(=O)NC(COC1OC(CO)C(O)C(O)C1O)C(O)/C=C/CC/C=C/CCCCCCCCCC. The first-order chi connectivity index (χ1) is 37.3. The Morgan fingerprint density at radius 1 is 0.461 bits per heavy atom. The van der Waals surface area contributed by atoms with Crippen molar-refractivity contribution in [3.05, 3.63) is 146 Å². The first-order valence-electron chi connectivity index (χ1n) is 30.1. The predicted octanol–water partition coefficient (Wildman–Crippen LogP) is 15.5. The second-order valence-electron chi connectivity index (χ2n) is 20.0. The van der Waals surface area contributed by atoms with Gasteiger partial charge >= 0.3 is 0 Å². The van der Waals surface area contributed by atoms with E-state index in [1.165, 1.54) is 77.0 Å². The molecule has 1 aliphatic rings. The van der Waals surface area contributed by atoms with Crippen LogP contribution in [-0.4, -0.2) is 87.5 Å². The average molecular weight is 1060 g/mol. The fraction of sp³-hybridized carbons (Fsp3) is 0.627. The van der Waals surface area contributed by atoms with E-state index in [-0.39, 0.29) is 12.5 Å². The van der Waals surface area contributed by atoms with Gasteiger partial charge < -0.3 is 40.3 Å². The van der Waals surface area contributed by atoms with Gasteiger partial charge in [-0.2, -0.15) is 0 Å². The molecule has 0 saturated carbocycles. The van der Waals surface area contributed by atoms with Gasteiger partial charge in [0.2, 0.25) is 5.91 Å². The lowest BCUT2D eigenvalue weighted by Crippen LogP contribution is -2.60. The second kappa shape index (κ2) is 54.4. The first-order valence-corrected chi connectivity index (χ1v) is 30.1. The maximum atomic E-state index is 13.0. The Labute approximate surface area is 463 Å². The Morgan fingerprint density at radius 3 is 1.26 bits per heavy atom. The number of amides is 1. The molecule has 0 spiro atoms. The first kappa shape index (κ1) is 70.1. The molecular formula is C67H109NO8. The number of hydrogen-bond acceptors (Lipinski definition) is 8. The molecule has 1 amide bonds. The van der Waals surface area contributed by atoms with Gasteiger partial charge in [-0.1, -0.05) is 243 Å². The largest absolute Gasteiger partial charge is 0.394 e. The monoisotopic (exact) mass is 1060 g/mol. The van der Waals surface area contributed by atoms with Gasteiger partial charge in [-0.3, -0.25) is 4.79 Å². The van der Waals surface area contributed by atoms with Crippen LogP contribution < -0.4 is 5.32 Å². The van der Waals surface area contributed by atoms with Crippen molar-refractivity contribution in [1.29, 1.82) is 0 Å². The van der Waals surface area contributed by atoms with Gasteiger partial charge in [-0.15, -0.1) is 0 Å². The minimum atomic E-state index is -1.58. The molecule has 9 heteroatoms. The van der Waals surface area contributed by atoms with Crippen LogP contribution in [0.5, 0.6) is 0 Å². The van der Waals surface area contributed by atoms with E-state index in [4.69, 9.17) is 9.47 Å². The normalized spacial score (nSPS) is 19.9. The zero-order valence-corrected chi connectivity index (χ0v) is 47.7. The van der Waals surface area contributed by atoms with Gasteiger partial charge in [-0.25, -0.2) is 0 Å². The van der Waals surface area contributed by atoms with E-state index in [1.807, 2.05) is 6.08 Å². The predicted molar refractivity (Wildman–Crippen MR) is 322 cm³/mol. The van der Waals surface area contributed by atoms with Crippen LogP contribution in [0.1, 0.15) is 213 Å². The molecule has 76 heavy (non-hydrogen) atoms. The minimum Gasteiger partial charge on any atom is -0.394 e. The summed E-state index contributed by atoms with van der Waals surface area (Å²) in [6, 6.07) is -0.836. The summed E-state index contributed by atoms with van der Waals surface area (Å²) in [6.07, 6.45) is 77.8. The molecule has 430 valence electrons. The standard InChI is InChI=1S/C67H109NO8/c1-3-5-7-9-11-13-15-17-19-20-21-22-23-24-25-26-27-28-29-30-31-32-33-34-35-36-37-38-39-40-41-42-43-45-47-49-51-53-55-57-63(71)68-60(59-75-67-66(74)65(73)64(72)62(58-69)76-67)61(70)56-54-52-50-48-46-44-18-16-14-12-10-8-6-4-2/h5,7,11,13,17,19,21-22,24-25,27-28,30-31,33-34,36-37,39-40,46,48,54,56,60-62,64-67,69-70,72-74H,3-4,6,8-10,12,14-16,18,20,23,26,29,32,35,38,41-45,47,49-53,55,57-59H2,1-2H3,(H,68,71)/b7-5-,13-11-,19-17-,22-21-,25-24-,28-27-,31-30-,34-33-,37-36-,40-39-,48-46+,56-54+. The lowest BCUT2D eigenvalue weighted by atomic mass is 9.99. The highest BCUT2D eigenvalue weighted by Gasteiger charge is 2.44. The minimum absolute atomic E-state index is 0.202. The topological polar surface area (TPSA) is 149 Å². The Balaban J connectivity index is 2.18. The van der Waals surface area contributed by atoms with Gasteiger partial charge in [0.25, 0.3) is 0 Å². The molecule has 0 aromatic rings. The molecule has 1 saturated heterocycles. The third-order valence-electron chi connectivity index (χ3n) is 13.1. The highest BCUT2D eigenvalue weighted by molar-refractivity contribution is 5.76. The fourth-order valence-corrected chi connectivity index (χ4v) is 8.43. The number of unbranched alkanes of at least 4 members (excludes halogenated alkanes) is 17. The van der Waals surface area contributed by atoms with Crippen LogP contribution in [0.25, 0.3) is 0 Å². The zero-order chi connectivity index (χ0) is 55.0. The number of carbonyl (C=O) groups excluding carboxylic acids is 1. The van der Waals surface area contributed by atoms with E-state index in [0.717, 1.165) is 116 Å². The Bertz CT molecular complexity index is 1700. The molecule has 7 atom stereocenters. The maximum Gasteiger partial charge on any atom is 0.220 e. The summed E-state index contributed by atoms with van der Waals surface area (Å²) in [5.74, 6) is -0.202. The van der Waals surface area contributed by atoms with Crippen LogP contribution in [0.4, 0.5) is 0 Å². The third-order valence-corrected chi connectivity index (χ3v) is 13.1. The summed E-state index contributed by atoms with van der Waals surface area (Å²) >= 11 is 0. The van der Waals surface area contributed by atoms with Crippen molar-refractivity contribution in [2.75, 3.05) is 13.2 Å². The van der Waals surface area contributed by atoms with Gasteiger partial charge in [0, 0.05) is 6.42 Å². The number of aliphatic hydroxyl groups excluding tert-OH is 5. The van der Waals surface area contributed by atoms with E-state index >= 15 is 0 Å². The molecule has 6 N–H and O–H groups in total. The van der Waals surface area contributed by atoms with Crippen molar-refractivity contribution in [3.63, 3.8) is 0 Å². The van der Waals surface area contributed by atoms with Gasteiger partial charge in [0.05, 0.1) is 25.4 Å². The van der Waals surface area contributed by atoms with Crippen LogP contribution in [0.3, 0.4) is 0 Å². The smallest absolute Gasteiger partial charge is 0.220 e. The van der Waals surface area contributed by atoms with Crippen molar-refractivity contribution in [1.82, 2.24) is 5.32 Å². The number of aliphatic hydroxyl groups is 5. The van der Waals surface area contributed by atoms with E-state index in [1.54, 1.807) is 6.08 Å². The molecule has 1 heterocycles. The molecule has 0 radical (unpaired) electrons. The molecule has 0 aliphatic carbocycles. The van der Waals surface area contributed by atoms with Crippen molar-refractivity contribution < 1.29 is 39.8 Å². The molecule has 0 bridgehead atoms. The average Bonchev–Trinajstić information content (AvgIpc) is 3.42. The van der Waals surface area contributed by atoms with Gasteiger partial charge in [0.1, 0.15) is 24.4 Å². The van der Waals surface area contributed by atoms with Crippen LogP contribution in [0, 0.1) is 0 Å². The Morgan fingerprint density at radius 2 is 0.829 bits per heavy atom. The lowest BCUT2D eigenvalue weighted by Gasteiger charge is -2.40. The molecule has 9 nitrogen and oxygen atoms in total. The number of carbonyl (C=O) groups is 1. The van der Waals surface area contributed by atoms with Crippen molar-refractivity contribution >= 4 is 5.91 Å². The molecule has 1 fully saturated rings. The zero-order valence-electron chi connectivity index (χ0n) is 47.7. The molecule has 0 aromatic carbocycles. The Hall–Kier alpha value is -3.93. The quantitative estimate of drug-likeness (QED) is 0.0261. The maximum absolute atomic E-state index is 13.0. The summed E-state index contributed by atoms with van der Waals surface area (Å²) in [4.78, 5) is 13.0. The summed E-state index contributed by atoms with van der Waals surface area (Å²) in [5.41, 5.74) is 0. The molecule has 1 aliphatic heterocycles. The summed E-state index contributed by atoms with van der Waals surface area (Å²) in [5, 5.41) is 54.4. The van der Waals surface area contributed by atoms with Gasteiger partial charge in [-0.05, 0) is 109 Å². The molecule has 7 unspecified atom stereocenters. The number of nitrogens with one attached hydrogen (secondary N) is 1. The van der Waals surface area contributed by atoms with Crippen molar-refractivity contribution in [2.24, 2.45) is 0 Å². The number of ether oxygens (including phenoxy) is 2. The third kappa shape index (κ3) is 43.1. The molecule has 1 rings (SSSR count). The van der Waals surface area contributed by atoms with Crippen LogP contribution >= 0.6 is 0 Å². The van der Waals surface area contributed by atoms with Crippen LogP contribution in [0.2, 0.25) is 0 Å². The fourth-order valence-electron chi connectivity index (χ4n) is 8.43. The summed E-state index contributed by atoms with van der Waals surface area (Å²) in [7, 11) is 0. The number of hydrogen-bond donors (Lipinski definition) is 6. The van der Waals surface area contributed by atoms with Crippen LogP contribution in [-0.2, 0) is 14.3 Å². The van der Waals surface area contributed by atoms with E-state index in [9.17, 15) is 30.3 Å². The number of rotatable bonds is 49. The second-order valence-corrected chi connectivity index (χ2v) is 20.0. The summed E-state index contributed by atoms with van der Waals surface area (Å²) in [6.45, 7) is 3.62. The van der Waals surface area contributed by atoms with Gasteiger partial charge in [0.15, 0.2) is 6.29 Å². The van der Waals surface area contributed by atoms with Crippen molar-refractivity contribution in [3.8, 4) is 0 Å². The highest BCUT2D eigenvalue weighted by atomic mass is 16.7. The van der Waals surface area contributed by atoms with Crippen LogP contribution in [0.15, 0.2) is 146 Å². The van der Waals surface area contributed by atoms with Crippen molar-refractivity contribution in [2.45, 2.75) is 256 Å². The molecule has 0 aromatic heterocycles. The molecular weight excluding hydrogens is 947 g/mol. The van der Waals surface area contributed by atoms with E-state index < -0.39 is 49.5 Å². The summed E-state index contributed by atoms with van der Waals surface area (Å²) < 4.78 is 11.2. The lowest BCUT2D eigenvalue weighted by molar-refractivity contribution is -0.302. The Kier molecular flexibility index (Phi) is 50.2. The van der Waals surface area contributed by atoms with E-state index in [2.05, 4.69) is 153 Å². The van der Waals surface area contributed by atoms with E-state index in [0.29, 0.717) is 6.42 Å².